The molecule has 1 aromatic rings. The van der Waals surface area contributed by atoms with E-state index in [1.54, 1.807) is 24.3 Å². The van der Waals surface area contributed by atoms with E-state index in [0.717, 1.165) is 0 Å². The molecule has 1 rings (SSSR count). The van der Waals surface area contributed by atoms with Gasteiger partial charge in [0.25, 0.3) is 5.56 Å². The lowest BCUT2D eigenvalue weighted by molar-refractivity contribution is 0.174. The van der Waals surface area contributed by atoms with Gasteiger partial charge >= 0.3 is 0 Å². The first kappa shape index (κ1) is 10.1. The second-order valence-corrected chi connectivity index (χ2v) is 2.63. The zero-order valence-corrected chi connectivity index (χ0v) is 7.68. The van der Waals surface area contributed by atoms with Crippen molar-refractivity contribution in [2.24, 2.45) is 0 Å². The van der Waals surface area contributed by atoms with Crippen LogP contribution >= 0.6 is 0 Å². The summed E-state index contributed by atoms with van der Waals surface area (Å²) in [6, 6.07) is 1.62. The predicted octanol–water partition coefficient (Wildman–Crippen LogP) is 1.93. The van der Waals surface area contributed by atoms with E-state index in [1.165, 1.54) is 12.3 Å². The Morgan fingerprint density at radius 1 is 1.43 bits per heavy atom. The van der Waals surface area contributed by atoms with Gasteiger partial charge in [0.15, 0.2) is 0 Å². The Bertz CT molecular complexity index is 441. The first-order valence-corrected chi connectivity index (χ1v) is 4.07. The van der Waals surface area contributed by atoms with Gasteiger partial charge in [-0.1, -0.05) is 37.5 Å². The van der Waals surface area contributed by atoms with Crippen LogP contribution in [0.15, 0.2) is 42.4 Å². The third-order valence-corrected chi connectivity index (χ3v) is 1.76. The lowest BCUT2D eigenvalue weighted by Crippen LogP contribution is -2.20. The summed E-state index contributed by atoms with van der Waals surface area (Å²) in [5.74, 6) is 0. The largest absolute Gasteiger partial charge is 0.425 e. The first-order valence-electron chi connectivity index (χ1n) is 4.07. The van der Waals surface area contributed by atoms with Crippen molar-refractivity contribution in [1.29, 1.82) is 0 Å². The van der Waals surface area contributed by atoms with Crippen molar-refractivity contribution in [3.8, 4) is 0 Å². The minimum Gasteiger partial charge on any atom is -0.425 e. The predicted molar refractivity (Wildman–Crippen MR) is 57.2 cm³/mol. The summed E-state index contributed by atoms with van der Waals surface area (Å²) in [5.41, 5.74) is 0.592. The molecule has 14 heavy (non-hydrogen) atoms. The van der Waals surface area contributed by atoms with Gasteiger partial charge in [0.05, 0.1) is 0 Å². The van der Waals surface area contributed by atoms with Crippen molar-refractivity contribution in [2.45, 2.75) is 0 Å². The molecule has 0 aliphatic rings. The van der Waals surface area contributed by atoms with Crippen LogP contribution < -0.4 is 5.56 Å². The molecule has 0 spiro atoms. The van der Waals surface area contributed by atoms with Crippen LogP contribution in [-0.2, 0) is 0 Å². The highest BCUT2D eigenvalue weighted by molar-refractivity contribution is 5.63. The van der Waals surface area contributed by atoms with Gasteiger partial charge in [0.2, 0.25) is 0 Å². The molecule has 1 aromatic heterocycles. The molecule has 1 N–H and O–H groups in total. The smallest absolute Gasteiger partial charge is 0.290 e. The van der Waals surface area contributed by atoms with Gasteiger partial charge in [-0.15, -0.1) is 0 Å². The van der Waals surface area contributed by atoms with E-state index in [9.17, 15) is 4.79 Å². The van der Waals surface area contributed by atoms with Crippen LogP contribution in [0, 0.1) is 0 Å². The molecule has 0 bridgehead atoms. The van der Waals surface area contributed by atoms with Crippen LogP contribution in [0.2, 0.25) is 0 Å². The summed E-state index contributed by atoms with van der Waals surface area (Å²) in [6.07, 6.45) is 7.75. The van der Waals surface area contributed by atoms with Gasteiger partial charge in [0.1, 0.15) is 0 Å². The van der Waals surface area contributed by atoms with E-state index in [-0.39, 0.29) is 0 Å². The van der Waals surface area contributed by atoms with Crippen molar-refractivity contribution in [3.05, 3.63) is 59.1 Å². The number of hydrogen-bond acceptors (Lipinski definition) is 2. The fraction of sp³-hybridized carbons (Fsp3) is 0. The molecule has 0 atom stereocenters. The molecular weight excluding hydrogens is 178 g/mol. The summed E-state index contributed by atoms with van der Waals surface area (Å²) in [5, 5.41) is 9.09. The van der Waals surface area contributed by atoms with Crippen LogP contribution in [0.3, 0.4) is 0 Å². The number of hydrogen-bond donors (Lipinski definition) is 1. The Morgan fingerprint density at radius 3 is 2.71 bits per heavy atom. The standard InChI is InChI=1S/C11H11NO2/c1-3-5-6-9-7-8-12(14)11(13)10(9)4-2/h3-8,14H,1-2H2/b6-5-. The third-order valence-electron chi connectivity index (χ3n) is 1.76. The summed E-state index contributed by atoms with van der Waals surface area (Å²) in [6.45, 7) is 7.04. The Balaban J connectivity index is 3.38. The molecular formula is C11H11NO2. The highest BCUT2D eigenvalue weighted by atomic mass is 16.5. The molecule has 0 unspecified atom stereocenters. The molecule has 0 radical (unpaired) electrons. The van der Waals surface area contributed by atoms with Gasteiger partial charge in [-0.25, -0.2) is 0 Å². The van der Waals surface area contributed by atoms with Crippen LogP contribution in [0.5, 0.6) is 0 Å². The average molecular weight is 189 g/mol. The summed E-state index contributed by atoms with van der Waals surface area (Å²) in [4.78, 5) is 11.4. The Labute approximate surface area is 81.9 Å². The van der Waals surface area contributed by atoms with E-state index >= 15 is 0 Å². The maximum atomic E-state index is 11.4. The number of allylic oxidation sites excluding steroid dienone is 2. The SMILES string of the molecule is C=C/C=C\c1ccn(O)c(=O)c1C=C. The maximum absolute atomic E-state index is 11.4. The zero-order valence-electron chi connectivity index (χ0n) is 7.68. The zero-order chi connectivity index (χ0) is 10.6. The Morgan fingerprint density at radius 2 is 2.14 bits per heavy atom. The monoisotopic (exact) mass is 189 g/mol. The van der Waals surface area contributed by atoms with Crippen molar-refractivity contribution in [3.63, 3.8) is 0 Å². The minimum atomic E-state index is -0.480. The summed E-state index contributed by atoms with van der Waals surface area (Å²) >= 11 is 0. The topological polar surface area (TPSA) is 42.2 Å². The molecule has 0 saturated carbocycles. The third kappa shape index (κ3) is 1.82. The lowest BCUT2D eigenvalue weighted by Gasteiger charge is -2.01. The maximum Gasteiger partial charge on any atom is 0.290 e. The fourth-order valence-corrected chi connectivity index (χ4v) is 1.08. The fourth-order valence-electron chi connectivity index (χ4n) is 1.08. The second-order valence-electron chi connectivity index (χ2n) is 2.63. The summed E-state index contributed by atoms with van der Waals surface area (Å²) < 4.78 is 0.530. The van der Waals surface area contributed by atoms with Gasteiger partial charge in [0, 0.05) is 11.8 Å². The number of aromatic nitrogens is 1. The van der Waals surface area contributed by atoms with E-state index < -0.39 is 5.56 Å². The first-order chi connectivity index (χ1) is 6.70. The van der Waals surface area contributed by atoms with Gasteiger partial charge in [-0.3, -0.25) is 4.79 Å². The van der Waals surface area contributed by atoms with E-state index in [1.807, 2.05) is 0 Å². The van der Waals surface area contributed by atoms with Crippen LogP contribution in [0.25, 0.3) is 12.2 Å². The Kier molecular flexibility index (Phi) is 3.07. The molecule has 0 fully saturated rings. The quantitative estimate of drug-likeness (QED) is 0.583. The molecule has 0 aliphatic heterocycles. The van der Waals surface area contributed by atoms with E-state index in [4.69, 9.17) is 5.21 Å². The molecule has 72 valence electrons. The molecule has 1 heterocycles. The van der Waals surface area contributed by atoms with Crippen LogP contribution in [-0.4, -0.2) is 9.94 Å². The van der Waals surface area contributed by atoms with Gasteiger partial charge < -0.3 is 5.21 Å². The van der Waals surface area contributed by atoms with Crippen LogP contribution in [0.1, 0.15) is 11.1 Å². The van der Waals surface area contributed by atoms with Gasteiger partial charge in [-0.05, 0) is 11.6 Å². The lowest BCUT2D eigenvalue weighted by atomic mass is 10.1. The highest BCUT2D eigenvalue weighted by Crippen LogP contribution is 2.07. The minimum absolute atomic E-state index is 0.369. The molecule has 0 amide bonds. The molecule has 0 saturated heterocycles. The number of rotatable bonds is 3. The Hall–Kier alpha value is -2.03. The molecule has 0 aliphatic carbocycles. The van der Waals surface area contributed by atoms with E-state index in [0.29, 0.717) is 15.9 Å². The highest BCUT2D eigenvalue weighted by Gasteiger charge is 2.02. The molecule has 0 aromatic carbocycles. The second kappa shape index (κ2) is 4.28. The number of pyridine rings is 1. The normalized spacial score (nSPS) is 10.3. The van der Waals surface area contributed by atoms with Crippen molar-refractivity contribution in [1.82, 2.24) is 4.73 Å². The molecule has 3 nitrogen and oxygen atoms in total. The average Bonchev–Trinajstić information content (AvgIpc) is 2.20. The number of nitrogens with zero attached hydrogens (tertiary/aromatic N) is 1. The summed E-state index contributed by atoms with van der Waals surface area (Å²) in [7, 11) is 0. The van der Waals surface area contributed by atoms with Gasteiger partial charge in [-0.2, -0.15) is 4.73 Å². The van der Waals surface area contributed by atoms with Crippen molar-refractivity contribution in [2.75, 3.05) is 0 Å². The van der Waals surface area contributed by atoms with Crippen molar-refractivity contribution >= 4 is 12.2 Å². The van der Waals surface area contributed by atoms with E-state index in [2.05, 4.69) is 13.2 Å². The van der Waals surface area contributed by atoms with Crippen molar-refractivity contribution < 1.29 is 5.21 Å². The molecule has 3 heteroatoms. The van der Waals surface area contributed by atoms with Crippen LogP contribution in [0.4, 0.5) is 0 Å².